The maximum absolute atomic E-state index is 14.3. The van der Waals surface area contributed by atoms with Crippen LogP contribution in [0.5, 0.6) is 11.5 Å². The van der Waals surface area contributed by atoms with Crippen LogP contribution in [0, 0.1) is 36.4 Å². The van der Waals surface area contributed by atoms with Gasteiger partial charge in [0.2, 0.25) is 5.91 Å². The Bertz CT molecular complexity index is 1710. The van der Waals surface area contributed by atoms with Crippen LogP contribution >= 0.6 is 0 Å². The molecule has 0 spiro atoms. The molecule has 4 atom stereocenters. The van der Waals surface area contributed by atoms with Crippen molar-refractivity contribution < 1.29 is 18.7 Å². The van der Waals surface area contributed by atoms with Crippen LogP contribution in [0.3, 0.4) is 0 Å². The Morgan fingerprint density at radius 2 is 2.00 bits per heavy atom. The first-order chi connectivity index (χ1) is 20.4. The molecule has 1 unspecified atom stereocenters. The van der Waals surface area contributed by atoms with Crippen LogP contribution in [-0.4, -0.2) is 45.0 Å². The van der Waals surface area contributed by atoms with Gasteiger partial charge in [0.1, 0.15) is 17.6 Å². The van der Waals surface area contributed by atoms with Crippen LogP contribution in [0.2, 0.25) is 0 Å². The molecule has 12 nitrogen and oxygen atoms in total. The molecular formula is C30H31FN8O4. The molecule has 13 heteroatoms. The molecule has 3 aromatic rings. The highest BCUT2D eigenvalue weighted by atomic mass is 19.1. The molecule has 1 aliphatic rings. The van der Waals surface area contributed by atoms with E-state index in [-0.39, 0.29) is 17.7 Å². The summed E-state index contributed by atoms with van der Waals surface area (Å²) < 4.78 is 20.0. The van der Waals surface area contributed by atoms with Gasteiger partial charge in [-0.25, -0.2) is 9.49 Å². The Kier molecular flexibility index (Phi) is 8.82. The average molecular weight is 587 g/mol. The molecule has 0 aliphatic carbocycles. The van der Waals surface area contributed by atoms with E-state index in [2.05, 4.69) is 31.6 Å². The van der Waals surface area contributed by atoms with Gasteiger partial charge >= 0.3 is 5.56 Å². The predicted molar refractivity (Wildman–Crippen MR) is 154 cm³/mol. The van der Waals surface area contributed by atoms with E-state index in [9.17, 15) is 29.6 Å². The number of aryl methyl sites for hydroxylation is 2. The molecule has 2 N–H and O–H groups in total. The summed E-state index contributed by atoms with van der Waals surface area (Å²) in [6.45, 7) is 8.28. The highest BCUT2D eigenvalue weighted by molar-refractivity contribution is 5.98. The quantitative estimate of drug-likeness (QED) is 0.213. The zero-order chi connectivity index (χ0) is 31.5. The Labute approximate surface area is 247 Å². The second kappa shape index (κ2) is 12.3. The van der Waals surface area contributed by atoms with Crippen molar-refractivity contribution in [2.24, 2.45) is 10.5 Å². The number of amides is 2. The van der Waals surface area contributed by atoms with Gasteiger partial charge in [0.25, 0.3) is 5.91 Å². The van der Waals surface area contributed by atoms with E-state index >= 15 is 0 Å². The lowest BCUT2D eigenvalue weighted by atomic mass is 9.84. The van der Waals surface area contributed by atoms with Crippen molar-refractivity contribution in [1.82, 2.24) is 20.4 Å². The Hall–Kier alpha value is -5.21. The molecule has 0 bridgehead atoms. The van der Waals surface area contributed by atoms with E-state index in [0.717, 1.165) is 0 Å². The van der Waals surface area contributed by atoms with Crippen molar-refractivity contribution >= 4 is 11.8 Å². The fourth-order valence-corrected chi connectivity index (χ4v) is 5.25. The molecule has 2 aromatic carbocycles. The largest absolute Gasteiger partial charge is 0.451 e. The van der Waals surface area contributed by atoms with Crippen molar-refractivity contribution in [3.8, 4) is 17.6 Å². The number of halogens is 1. The second-order valence-electron chi connectivity index (χ2n) is 11.1. The van der Waals surface area contributed by atoms with E-state index in [1.54, 1.807) is 45.9 Å². The van der Waals surface area contributed by atoms with Crippen LogP contribution in [-0.2, 0) is 4.79 Å². The summed E-state index contributed by atoms with van der Waals surface area (Å²) in [6.07, 6.45) is 0.179. The third-order valence-electron chi connectivity index (χ3n) is 7.50. The van der Waals surface area contributed by atoms with Gasteiger partial charge < -0.3 is 15.0 Å². The van der Waals surface area contributed by atoms with Crippen molar-refractivity contribution in [3.63, 3.8) is 0 Å². The number of carbonyl (C=O) groups is 2. The summed E-state index contributed by atoms with van der Waals surface area (Å²) in [4.78, 5) is 43.7. The minimum atomic E-state index is -1.06. The van der Waals surface area contributed by atoms with Crippen molar-refractivity contribution in [3.05, 3.63) is 97.5 Å². The molecule has 1 saturated heterocycles. The monoisotopic (exact) mass is 586 g/mol. The van der Waals surface area contributed by atoms with Crippen LogP contribution in [0.25, 0.3) is 10.4 Å². The molecule has 1 fully saturated rings. The van der Waals surface area contributed by atoms with Crippen LogP contribution in [0.15, 0.2) is 58.4 Å². The first-order valence-corrected chi connectivity index (χ1v) is 13.5. The summed E-state index contributed by atoms with van der Waals surface area (Å²) in [5, 5.41) is 22.7. The zero-order valence-electron chi connectivity index (χ0n) is 24.3. The van der Waals surface area contributed by atoms with E-state index in [4.69, 9.17) is 4.74 Å². The number of nitrogens with one attached hydrogen (secondary N) is 2. The minimum absolute atomic E-state index is 0.0550. The number of hydrogen-bond donors (Lipinski definition) is 2. The lowest BCUT2D eigenvalue weighted by molar-refractivity contribution is -0.137. The number of carbonyl (C=O) groups excluding carboxylic acids is 2. The maximum atomic E-state index is 14.3. The summed E-state index contributed by atoms with van der Waals surface area (Å²) >= 11 is 0. The SMILES string of the molecule is Cc1cc(Oc2ccc(C(=O)NC(C)C(=O)N3[C@H](c4cccc(F)c4)[C@@H](N=[N+]=[N-])C[C@@H]3C(C)(C)C#N)cc2C)c(=O)[nH]n1. The van der Waals surface area contributed by atoms with Crippen LogP contribution in [0.4, 0.5) is 4.39 Å². The van der Waals surface area contributed by atoms with Crippen molar-refractivity contribution in [1.29, 1.82) is 5.26 Å². The van der Waals surface area contributed by atoms with Gasteiger partial charge in [-0.1, -0.05) is 17.2 Å². The number of aromatic amines is 1. The topological polar surface area (TPSA) is 177 Å². The molecule has 43 heavy (non-hydrogen) atoms. The fourth-order valence-electron chi connectivity index (χ4n) is 5.25. The molecule has 0 radical (unpaired) electrons. The molecule has 222 valence electrons. The first kappa shape index (κ1) is 30.7. The molecule has 1 aliphatic heterocycles. The summed E-state index contributed by atoms with van der Waals surface area (Å²) in [7, 11) is 0. The van der Waals surface area contributed by atoms with Crippen LogP contribution < -0.4 is 15.6 Å². The standard InChI is InChI=1S/C30H31FN8O4/c1-16-11-20(9-10-23(16)43-24-12-17(2)35-37-28(24)41)27(40)34-18(3)29(42)39-25(30(4,5)15-32)14-22(36-38-33)26(39)19-7-6-8-21(31)13-19/h6-13,18,22,25-26H,14H2,1-5H3,(H,34,40)(H,37,41)/t18?,22-,25+,26+/m0/s1. The Balaban J connectivity index is 1.60. The number of rotatable bonds is 8. The lowest BCUT2D eigenvalue weighted by Crippen LogP contribution is -2.52. The highest BCUT2D eigenvalue weighted by Crippen LogP contribution is 2.45. The molecule has 1 aromatic heterocycles. The first-order valence-electron chi connectivity index (χ1n) is 13.5. The number of aromatic nitrogens is 2. The smallest absolute Gasteiger partial charge is 0.307 e. The number of ether oxygens (including phenoxy) is 1. The highest BCUT2D eigenvalue weighted by Gasteiger charge is 2.51. The Morgan fingerprint density at radius 3 is 2.65 bits per heavy atom. The third-order valence-corrected chi connectivity index (χ3v) is 7.50. The minimum Gasteiger partial charge on any atom is -0.451 e. The molecule has 2 amide bonds. The van der Waals surface area contributed by atoms with Crippen LogP contribution in [0.1, 0.15) is 60.4 Å². The second-order valence-corrected chi connectivity index (χ2v) is 11.1. The van der Waals surface area contributed by atoms with Gasteiger partial charge in [0, 0.05) is 16.5 Å². The van der Waals surface area contributed by atoms with Gasteiger partial charge in [0.15, 0.2) is 5.75 Å². The van der Waals surface area contributed by atoms with Gasteiger partial charge in [-0.15, -0.1) is 0 Å². The summed E-state index contributed by atoms with van der Waals surface area (Å²) in [5.74, 6) is -1.18. The molecule has 0 saturated carbocycles. The number of azide groups is 1. The number of likely N-dealkylation sites (tertiary alicyclic amines) is 1. The van der Waals surface area contributed by atoms with Gasteiger partial charge in [-0.2, -0.15) is 10.4 Å². The zero-order valence-corrected chi connectivity index (χ0v) is 24.3. The van der Waals surface area contributed by atoms with Crippen molar-refractivity contribution in [2.75, 3.05) is 0 Å². The number of benzene rings is 2. The number of hydrogen-bond acceptors (Lipinski definition) is 7. The normalized spacial score (nSPS) is 18.7. The molecule has 2 heterocycles. The lowest BCUT2D eigenvalue weighted by Gasteiger charge is -2.38. The van der Waals surface area contributed by atoms with E-state index in [1.807, 2.05) is 0 Å². The van der Waals surface area contributed by atoms with E-state index in [1.165, 1.54) is 42.2 Å². The maximum Gasteiger partial charge on any atom is 0.307 e. The van der Waals surface area contributed by atoms with Gasteiger partial charge in [0.05, 0.1) is 35.3 Å². The predicted octanol–water partition coefficient (Wildman–Crippen LogP) is 5.01. The number of H-pyrrole nitrogens is 1. The molecule has 4 rings (SSSR count). The number of nitrogens with zero attached hydrogens (tertiary/aromatic N) is 6. The summed E-state index contributed by atoms with van der Waals surface area (Å²) in [6, 6.07) is 10.6. The van der Waals surface area contributed by atoms with E-state index < -0.39 is 52.8 Å². The fraction of sp³-hybridized carbons (Fsp3) is 0.367. The van der Waals surface area contributed by atoms with Gasteiger partial charge in [-0.05, 0) is 88.0 Å². The average Bonchev–Trinajstić information content (AvgIpc) is 3.35. The summed E-state index contributed by atoms with van der Waals surface area (Å²) in [5.41, 5.74) is 9.49. The third kappa shape index (κ3) is 6.50. The van der Waals surface area contributed by atoms with E-state index in [0.29, 0.717) is 22.6 Å². The van der Waals surface area contributed by atoms with Crippen molar-refractivity contribution in [2.45, 2.75) is 65.2 Å². The number of nitriles is 1. The van der Waals surface area contributed by atoms with Gasteiger partial charge in [-0.3, -0.25) is 14.4 Å². The Morgan fingerprint density at radius 1 is 1.26 bits per heavy atom. The molecular weight excluding hydrogens is 555 g/mol.